The summed E-state index contributed by atoms with van der Waals surface area (Å²) in [5, 5.41) is 10.1. The van der Waals surface area contributed by atoms with Crippen LogP contribution in [0.1, 0.15) is 31.9 Å². The first-order chi connectivity index (χ1) is 13.4. The van der Waals surface area contributed by atoms with Crippen molar-refractivity contribution >= 4 is 57.9 Å². The highest BCUT2D eigenvalue weighted by Gasteiger charge is 2.40. The number of carboxylic acids is 1. The van der Waals surface area contributed by atoms with Crippen molar-refractivity contribution in [3.05, 3.63) is 52.1 Å². The third kappa shape index (κ3) is 4.48. The zero-order valence-electron chi connectivity index (χ0n) is 15.1. The number of nitrogens with zero attached hydrogens (tertiary/aromatic N) is 1. The summed E-state index contributed by atoms with van der Waals surface area (Å²) in [7, 11) is 0. The Hall–Kier alpha value is -2.09. The Balaban J connectivity index is 1.83. The molecule has 2 aromatic rings. The lowest BCUT2D eigenvalue weighted by Gasteiger charge is -2.22. The van der Waals surface area contributed by atoms with Gasteiger partial charge in [-0.15, -0.1) is 0 Å². The van der Waals surface area contributed by atoms with E-state index in [1.165, 1.54) is 4.90 Å². The van der Waals surface area contributed by atoms with Crippen LogP contribution < -0.4 is 0 Å². The van der Waals surface area contributed by atoms with E-state index in [-0.39, 0.29) is 4.32 Å². The molecule has 1 aliphatic rings. The molecule has 1 aromatic heterocycles. The summed E-state index contributed by atoms with van der Waals surface area (Å²) in [5.74, 6) is -0.349. The monoisotopic (exact) mass is 435 g/mol. The van der Waals surface area contributed by atoms with Crippen molar-refractivity contribution in [1.82, 2.24) is 4.90 Å². The fourth-order valence-corrected chi connectivity index (χ4v) is 4.39. The van der Waals surface area contributed by atoms with Gasteiger partial charge >= 0.3 is 5.97 Å². The second kappa shape index (κ2) is 8.94. The molecule has 28 heavy (non-hydrogen) atoms. The van der Waals surface area contributed by atoms with Gasteiger partial charge in [-0.05, 0) is 30.7 Å². The van der Waals surface area contributed by atoms with Crippen LogP contribution in [0, 0.1) is 0 Å². The molecule has 0 unspecified atom stereocenters. The van der Waals surface area contributed by atoms with Crippen LogP contribution >= 0.6 is 35.6 Å². The number of carbonyl (C=O) groups is 2. The zero-order chi connectivity index (χ0) is 20.3. The summed E-state index contributed by atoms with van der Waals surface area (Å²) in [6, 6.07) is 9.85. The van der Waals surface area contributed by atoms with Gasteiger partial charge in [0.1, 0.15) is 21.9 Å². The molecule has 0 saturated carbocycles. The normalized spacial score (nSPS) is 16.8. The van der Waals surface area contributed by atoms with E-state index < -0.39 is 17.9 Å². The lowest BCUT2D eigenvalue weighted by atomic mass is 10.1. The highest BCUT2D eigenvalue weighted by molar-refractivity contribution is 8.26. The van der Waals surface area contributed by atoms with Crippen LogP contribution in [0.3, 0.4) is 0 Å². The van der Waals surface area contributed by atoms with Crippen molar-refractivity contribution in [2.24, 2.45) is 0 Å². The maximum Gasteiger partial charge on any atom is 0.326 e. The molecular formula is C20H18ClNO4S2. The Bertz CT molecular complexity index is 953. The molecule has 3 rings (SSSR count). The molecule has 1 saturated heterocycles. The molecule has 0 radical (unpaired) electrons. The maximum absolute atomic E-state index is 12.8. The molecule has 0 aliphatic carbocycles. The van der Waals surface area contributed by atoms with Gasteiger partial charge in [-0.2, -0.15) is 0 Å². The van der Waals surface area contributed by atoms with Crippen molar-refractivity contribution in [2.75, 3.05) is 0 Å². The maximum atomic E-state index is 12.8. The van der Waals surface area contributed by atoms with Gasteiger partial charge < -0.3 is 9.52 Å². The largest absolute Gasteiger partial charge is 0.480 e. The van der Waals surface area contributed by atoms with Crippen molar-refractivity contribution in [3.8, 4) is 11.3 Å². The number of benzene rings is 1. The Morgan fingerprint density at radius 3 is 2.86 bits per heavy atom. The average Bonchev–Trinajstić information content (AvgIpc) is 3.22. The summed E-state index contributed by atoms with van der Waals surface area (Å²) in [4.78, 5) is 25.9. The van der Waals surface area contributed by atoms with Crippen LogP contribution in [-0.4, -0.2) is 32.2 Å². The van der Waals surface area contributed by atoms with E-state index in [0.717, 1.165) is 23.7 Å². The number of hydrogen-bond donors (Lipinski definition) is 1. The molecule has 1 amide bonds. The van der Waals surface area contributed by atoms with Crippen LogP contribution in [0.5, 0.6) is 0 Å². The quantitative estimate of drug-likeness (QED) is 0.461. The first-order valence-electron chi connectivity index (χ1n) is 8.76. The minimum atomic E-state index is -1.05. The minimum Gasteiger partial charge on any atom is -0.480 e. The Kier molecular flexibility index (Phi) is 6.59. The number of aliphatic carboxylic acids is 1. The van der Waals surface area contributed by atoms with Gasteiger partial charge in [0.15, 0.2) is 0 Å². The molecule has 0 bridgehead atoms. The summed E-state index contributed by atoms with van der Waals surface area (Å²) >= 11 is 12.4. The molecule has 1 fully saturated rings. The van der Waals surface area contributed by atoms with Crippen molar-refractivity contribution in [3.63, 3.8) is 0 Å². The van der Waals surface area contributed by atoms with Crippen LogP contribution in [0.4, 0.5) is 0 Å². The highest BCUT2D eigenvalue weighted by Crippen LogP contribution is 2.36. The molecule has 1 N–H and O–H groups in total. The Morgan fingerprint density at radius 2 is 2.18 bits per heavy atom. The predicted octanol–water partition coefficient (Wildman–Crippen LogP) is 5.44. The van der Waals surface area contributed by atoms with Crippen molar-refractivity contribution in [2.45, 2.75) is 32.2 Å². The van der Waals surface area contributed by atoms with E-state index >= 15 is 0 Å². The smallest absolute Gasteiger partial charge is 0.326 e. The van der Waals surface area contributed by atoms with E-state index in [2.05, 4.69) is 0 Å². The SMILES string of the molecule is CCCC[C@@H](C(=O)O)N1C(=O)/C(=C\c2ccc(-c3cccc(Cl)c3)o2)SC1=S. The molecule has 1 aliphatic heterocycles. The number of thioether (sulfide) groups is 1. The minimum absolute atomic E-state index is 0.251. The number of rotatable bonds is 7. The van der Waals surface area contributed by atoms with E-state index in [0.29, 0.717) is 34.3 Å². The lowest BCUT2D eigenvalue weighted by molar-refractivity contribution is -0.145. The van der Waals surface area contributed by atoms with Gasteiger partial charge in [0.05, 0.1) is 4.91 Å². The molecule has 0 spiro atoms. The van der Waals surface area contributed by atoms with E-state index in [1.54, 1.807) is 30.3 Å². The van der Waals surface area contributed by atoms with Crippen LogP contribution in [0.2, 0.25) is 5.02 Å². The molecule has 5 nitrogen and oxygen atoms in total. The fourth-order valence-electron chi connectivity index (χ4n) is 2.87. The molecule has 8 heteroatoms. The van der Waals surface area contributed by atoms with Crippen molar-refractivity contribution in [1.29, 1.82) is 0 Å². The lowest BCUT2D eigenvalue weighted by Crippen LogP contribution is -2.43. The molecule has 1 aromatic carbocycles. The third-order valence-corrected chi connectivity index (χ3v) is 5.83. The Morgan fingerprint density at radius 1 is 1.39 bits per heavy atom. The van der Waals surface area contributed by atoms with Crippen molar-refractivity contribution < 1.29 is 19.1 Å². The number of carboxylic acid groups (broad SMARTS) is 1. The molecule has 146 valence electrons. The van der Waals surface area contributed by atoms with Gasteiger partial charge in [0, 0.05) is 16.7 Å². The predicted molar refractivity (Wildman–Crippen MR) is 115 cm³/mol. The molecular weight excluding hydrogens is 418 g/mol. The second-order valence-electron chi connectivity index (χ2n) is 6.26. The number of amides is 1. The average molecular weight is 436 g/mol. The number of thiocarbonyl (C=S) groups is 1. The van der Waals surface area contributed by atoms with Crippen LogP contribution in [0.25, 0.3) is 17.4 Å². The van der Waals surface area contributed by atoms with Gasteiger partial charge in [-0.25, -0.2) is 4.79 Å². The topological polar surface area (TPSA) is 70.8 Å². The van der Waals surface area contributed by atoms with Gasteiger partial charge in [-0.3, -0.25) is 9.69 Å². The van der Waals surface area contributed by atoms with Crippen LogP contribution in [0.15, 0.2) is 45.7 Å². The molecule has 2 heterocycles. The standard InChI is InChI=1S/C20H18ClNO4S2/c1-2-3-7-15(19(24)25)22-18(23)17(28-20(22)27)11-14-8-9-16(26-14)12-5-4-6-13(21)10-12/h4-6,8-11,15H,2-3,7H2,1H3,(H,24,25)/b17-11+/t15-/m0/s1. The van der Waals surface area contributed by atoms with Gasteiger partial charge in [-0.1, -0.05) is 67.5 Å². The first-order valence-corrected chi connectivity index (χ1v) is 10.4. The summed E-state index contributed by atoms with van der Waals surface area (Å²) in [6.07, 6.45) is 3.50. The number of furan rings is 1. The van der Waals surface area contributed by atoms with Crippen LogP contribution in [-0.2, 0) is 9.59 Å². The van der Waals surface area contributed by atoms with Gasteiger partial charge in [0.25, 0.3) is 5.91 Å². The molecule has 1 atom stereocenters. The summed E-state index contributed by atoms with van der Waals surface area (Å²) in [6.45, 7) is 1.97. The summed E-state index contributed by atoms with van der Waals surface area (Å²) in [5.41, 5.74) is 0.824. The van der Waals surface area contributed by atoms with E-state index in [4.69, 9.17) is 28.2 Å². The Labute approximate surface area is 177 Å². The van der Waals surface area contributed by atoms with E-state index in [1.807, 2.05) is 19.1 Å². The second-order valence-corrected chi connectivity index (χ2v) is 8.37. The number of hydrogen-bond acceptors (Lipinski definition) is 5. The van der Waals surface area contributed by atoms with Gasteiger partial charge in [0.2, 0.25) is 0 Å². The summed E-state index contributed by atoms with van der Waals surface area (Å²) < 4.78 is 6.05. The zero-order valence-corrected chi connectivity index (χ0v) is 17.4. The number of halogens is 1. The first kappa shape index (κ1) is 20.6. The number of carbonyl (C=O) groups excluding carboxylic acids is 1. The highest BCUT2D eigenvalue weighted by atomic mass is 35.5. The fraction of sp³-hybridized carbons (Fsp3) is 0.250. The number of unbranched alkanes of at least 4 members (excludes halogenated alkanes) is 1. The van der Waals surface area contributed by atoms with E-state index in [9.17, 15) is 14.7 Å². The third-order valence-electron chi connectivity index (χ3n) is 4.26.